The van der Waals surface area contributed by atoms with E-state index in [0.29, 0.717) is 11.6 Å². The van der Waals surface area contributed by atoms with Crippen LogP contribution in [0.2, 0.25) is 5.02 Å². The van der Waals surface area contributed by atoms with Crippen molar-refractivity contribution in [1.82, 2.24) is 10.5 Å². The lowest BCUT2D eigenvalue weighted by atomic mass is 10.3. The number of hydroxylamine groups is 1. The summed E-state index contributed by atoms with van der Waals surface area (Å²) in [5.41, 5.74) is 2.43. The minimum absolute atomic E-state index is 0.208. The number of hydrogen-bond donors (Lipinski definition) is 1. The summed E-state index contributed by atoms with van der Waals surface area (Å²) >= 11 is 5.69. The van der Waals surface area contributed by atoms with Gasteiger partial charge >= 0.3 is 0 Å². The number of aromatic nitrogens is 1. The fourth-order valence-electron chi connectivity index (χ4n) is 0.823. The van der Waals surface area contributed by atoms with E-state index in [-0.39, 0.29) is 12.3 Å². The normalized spacial score (nSPS) is 10.0. The van der Waals surface area contributed by atoms with E-state index >= 15 is 0 Å². The number of pyridine rings is 1. The van der Waals surface area contributed by atoms with Crippen molar-refractivity contribution in [3.63, 3.8) is 0 Å². The Morgan fingerprint density at radius 2 is 2.40 bits per heavy atom. The van der Waals surface area contributed by atoms with Gasteiger partial charge in [0, 0.05) is 18.3 Å². The van der Waals surface area contributed by atoms with Crippen LogP contribution in [0.4, 0.5) is 0 Å². The fourth-order valence-corrected chi connectivity index (χ4v) is 0.982. The molecule has 15 heavy (non-hydrogen) atoms. The summed E-state index contributed by atoms with van der Waals surface area (Å²) < 4.78 is 4.74. The summed E-state index contributed by atoms with van der Waals surface area (Å²) in [6, 6.07) is 3.04. The molecular weight excluding hydrogens is 220 g/mol. The summed E-state index contributed by atoms with van der Waals surface area (Å²) in [6.45, 7) is 0.687. The number of amides is 1. The second-order valence-corrected chi connectivity index (χ2v) is 3.07. The summed E-state index contributed by atoms with van der Waals surface area (Å²) in [7, 11) is 1.55. The Labute approximate surface area is 92.3 Å². The van der Waals surface area contributed by atoms with Crippen molar-refractivity contribution in [2.45, 2.75) is 0 Å². The van der Waals surface area contributed by atoms with Crippen molar-refractivity contribution in [2.75, 3.05) is 20.3 Å². The van der Waals surface area contributed by atoms with Gasteiger partial charge in [0.05, 0.1) is 13.2 Å². The molecule has 0 fully saturated rings. The van der Waals surface area contributed by atoms with Crippen LogP contribution in [0.1, 0.15) is 10.5 Å². The van der Waals surface area contributed by atoms with Crippen LogP contribution in [0.3, 0.4) is 0 Å². The van der Waals surface area contributed by atoms with Gasteiger partial charge in [-0.05, 0) is 12.1 Å². The summed E-state index contributed by atoms with van der Waals surface area (Å²) in [4.78, 5) is 20.0. The van der Waals surface area contributed by atoms with Gasteiger partial charge in [-0.2, -0.15) is 0 Å². The van der Waals surface area contributed by atoms with E-state index in [1.54, 1.807) is 13.2 Å². The van der Waals surface area contributed by atoms with Gasteiger partial charge in [-0.15, -0.1) is 0 Å². The third-order valence-corrected chi connectivity index (χ3v) is 1.74. The first-order valence-electron chi connectivity index (χ1n) is 4.26. The number of nitrogens with one attached hydrogen (secondary N) is 1. The van der Waals surface area contributed by atoms with E-state index < -0.39 is 5.91 Å². The molecule has 82 valence electrons. The van der Waals surface area contributed by atoms with Crippen molar-refractivity contribution in [1.29, 1.82) is 0 Å². The number of carbonyl (C=O) groups excluding carboxylic acids is 1. The van der Waals surface area contributed by atoms with Crippen LogP contribution < -0.4 is 5.48 Å². The van der Waals surface area contributed by atoms with Gasteiger partial charge < -0.3 is 4.74 Å². The summed E-state index contributed by atoms with van der Waals surface area (Å²) in [6.07, 6.45) is 1.45. The smallest absolute Gasteiger partial charge is 0.293 e. The van der Waals surface area contributed by atoms with Crippen LogP contribution in [0.15, 0.2) is 18.3 Å². The molecule has 1 heterocycles. The number of halogens is 1. The summed E-state index contributed by atoms with van der Waals surface area (Å²) in [5, 5.41) is 0.451. The van der Waals surface area contributed by atoms with Gasteiger partial charge in [0.15, 0.2) is 0 Å². The van der Waals surface area contributed by atoms with Crippen LogP contribution in [0.5, 0.6) is 0 Å². The van der Waals surface area contributed by atoms with Crippen LogP contribution >= 0.6 is 11.6 Å². The Hall–Kier alpha value is -1.17. The highest BCUT2D eigenvalue weighted by Crippen LogP contribution is 2.07. The molecule has 1 N–H and O–H groups in total. The van der Waals surface area contributed by atoms with Crippen LogP contribution in [-0.2, 0) is 9.57 Å². The molecule has 1 aromatic rings. The molecule has 0 spiro atoms. The van der Waals surface area contributed by atoms with Crippen LogP contribution in [0.25, 0.3) is 0 Å². The molecule has 0 saturated heterocycles. The number of rotatable bonds is 5. The van der Waals surface area contributed by atoms with Crippen molar-refractivity contribution in [2.24, 2.45) is 0 Å². The number of nitrogens with zero attached hydrogens (tertiary/aromatic N) is 1. The van der Waals surface area contributed by atoms with E-state index in [9.17, 15) is 4.79 Å². The molecule has 0 bridgehead atoms. The van der Waals surface area contributed by atoms with Crippen LogP contribution in [0, 0.1) is 0 Å². The van der Waals surface area contributed by atoms with Gasteiger partial charge in [0.2, 0.25) is 0 Å². The van der Waals surface area contributed by atoms with E-state index in [4.69, 9.17) is 21.2 Å². The van der Waals surface area contributed by atoms with Crippen molar-refractivity contribution in [3.05, 3.63) is 29.0 Å². The van der Waals surface area contributed by atoms with Gasteiger partial charge in [0.25, 0.3) is 5.91 Å². The van der Waals surface area contributed by atoms with Gasteiger partial charge in [0.1, 0.15) is 5.69 Å². The van der Waals surface area contributed by atoms with E-state index in [1.165, 1.54) is 12.3 Å². The third-order valence-electron chi connectivity index (χ3n) is 1.51. The topological polar surface area (TPSA) is 60.5 Å². The zero-order valence-electron chi connectivity index (χ0n) is 8.20. The molecule has 6 heteroatoms. The minimum atomic E-state index is -0.436. The Morgan fingerprint density at radius 3 is 3.07 bits per heavy atom. The van der Waals surface area contributed by atoms with Crippen molar-refractivity contribution >= 4 is 17.5 Å². The average molecular weight is 231 g/mol. The number of carbonyl (C=O) groups is 1. The highest BCUT2D eigenvalue weighted by molar-refractivity contribution is 6.30. The maximum absolute atomic E-state index is 11.4. The molecule has 1 amide bonds. The molecular formula is C9H11ClN2O3. The molecule has 0 atom stereocenters. The second kappa shape index (κ2) is 6.34. The molecule has 0 aliphatic heterocycles. The SMILES string of the molecule is COCCONC(=O)c1cc(Cl)ccn1. The number of ether oxygens (including phenoxy) is 1. The Bertz CT molecular complexity index is 333. The average Bonchev–Trinajstić information content (AvgIpc) is 2.24. The van der Waals surface area contributed by atoms with Gasteiger partial charge in [-0.3, -0.25) is 14.6 Å². The van der Waals surface area contributed by atoms with Crippen LogP contribution in [-0.4, -0.2) is 31.2 Å². The van der Waals surface area contributed by atoms with E-state index in [1.807, 2.05) is 0 Å². The molecule has 0 aromatic carbocycles. The first kappa shape index (κ1) is 11.9. The van der Waals surface area contributed by atoms with Gasteiger partial charge in [-0.1, -0.05) is 11.6 Å². The third kappa shape index (κ3) is 4.24. The maximum atomic E-state index is 11.4. The lowest BCUT2D eigenvalue weighted by Crippen LogP contribution is -2.26. The first-order chi connectivity index (χ1) is 7.24. The molecule has 1 aromatic heterocycles. The molecule has 0 unspecified atom stereocenters. The lowest BCUT2D eigenvalue weighted by molar-refractivity contribution is 0.00858. The predicted molar refractivity (Wildman–Crippen MR) is 54.5 cm³/mol. The van der Waals surface area contributed by atoms with Crippen molar-refractivity contribution in [3.8, 4) is 0 Å². The molecule has 0 aliphatic rings. The number of methoxy groups -OCH3 is 1. The molecule has 1 rings (SSSR count). The van der Waals surface area contributed by atoms with Gasteiger partial charge in [-0.25, -0.2) is 5.48 Å². The first-order valence-corrected chi connectivity index (χ1v) is 4.64. The Morgan fingerprint density at radius 1 is 1.60 bits per heavy atom. The maximum Gasteiger partial charge on any atom is 0.293 e. The lowest BCUT2D eigenvalue weighted by Gasteiger charge is -2.04. The van der Waals surface area contributed by atoms with Crippen molar-refractivity contribution < 1.29 is 14.4 Å². The molecule has 5 nitrogen and oxygen atoms in total. The summed E-state index contributed by atoms with van der Waals surface area (Å²) in [5.74, 6) is -0.436. The monoisotopic (exact) mass is 230 g/mol. The highest BCUT2D eigenvalue weighted by Gasteiger charge is 2.06. The van der Waals surface area contributed by atoms with E-state index in [0.717, 1.165) is 0 Å². The Kier molecular flexibility index (Phi) is 5.03. The standard InChI is InChI=1S/C9H11ClN2O3/c1-14-4-5-15-12-9(13)8-6-7(10)2-3-11-8/h2-3,6H,4-5H2,1H3,(H,12,13). The highest BCUT2D eigenvalue weighted by atomic mass is 35.5. The molecule has 0 aliphatic carbocycles. The molecule has 0 saturated carbocycles. The predicted octanol–water partition coefficient (Wildman–Crippen LogP) is 1.04. The minimum Gasteiger partial charge on any atom is -0.382 e. The Balaban J connectivity index is 2.40. The molecule has 0 radical (unpaired) electrons. The second-order valence-electron chi connectivity index (χ2n) is 2.63. The zero-order chi connectivity index (χ0) is 11.1. The quantitative estimate of drug-likeness (QED) is 0.607. The largest absolute Gasteiger partial charge is 0.382 e. The fraction of sp³-hybridized carbons (Fsp3) is 0.333. The zero-order valence-corrected chi connectivity index (χ0v) is 8.95. The van der Waals surface area contributed by atoms with E-state index in [2.05, 4.69) is 10.5 Å². The number of hydrogen-bond acceptors (Lipinski definition) is 4.